The second-order valence-electron chi connectivity index (χ2n) is 5.82. The lowest BCUT2D eigenvalue weighted by Crippen LogP contribution is -2.42. The third-order valence-electron chi connectivity index (χ3n) is 4.24. The predicted octanol–water partition coefficient (Wildman–Crippen LogP) is 1.75. The predicted molar refractivity (Wildman–Crippen MR) is 96.1 cm³/mol. The Bertz CT molecular complexity index is 559. The Morgan fingerprint density at radius 1 is 1.42 bits per heavy atom. The van der Waals surface area contributed by atoms with Crippen molar-refractivity contribution in [1.29, 1.82) is 0 Å². The van der Waals surface area contributed by atoms with Crippen molar-refractivity contribution >= 4 is 17.7 Å². The van der Waals surface area contributed by atoms with Crippen LogP contribution in [-0.2, 0) is 11.3 Å². The molecule has 1 heterocycles. The molecule has 0 radical (unpaired) electrons. The van der Waals surface area contributed by atoms with Crippen LogP contribution in [0.3, 0.4) is 0 Å². The average molecular weight is 333 g/mol. The van der Waals surface area contributed by atoms with Crippen LogP contribution >= 0.6 is 0 Å². The van der Waals surface area contributed by atoms with Crippen LogP contribution in [0.2, 0.25) is 0 Å². The molecule has 1 aromatic carbocycles. The molecule has 132 valence electrons. The van der Waals surface area contributed by atoms with Gasteiger partial charge in [0.05, 0.1) is 13.7 Å². The van der Waals surface area contributed by atoms with Gasteiger partial charge in [0.2, 0.25) is 0 Å². The van der Waals surface area contributed by atoms with Crippen molar-refractivity contribution in [3.63, 3.8) is 0 Å². The molecule has 7 heteroatoms. The van der Waals surface area contributed by atoms with Gasteiger partial charge in [-0.05, 0) is 43.6 Å². The molecule has 7 nitrogen and oxygen atoms in total. The first-order valence-corrected chi connectivity index (χ1v) is 8.34. The molecule has 1 aromatic rings. The second-order valence-corrected chi connectivity index (χ2v) is 5.82. The van der Waals surface area contributed by atoms with E-state index in [2.05, 4.69) is 32.2 Å². The van der Waals surface area contributed by atoms with E-state index in [-0.39, 0.29) is 0 Å². The molecule has 0 bridgehead atoms. The summed E-state index contributed by atoms with van der Waals surface area (Å²) in [7, 11) is 1.33. The Morgan fingerprint density at radius 3 is 2.83 bits per heavy atom. The number of methoxy groups -OCH3 is 1. The lowest BCUT2D eigenvalue weighted by Gasteiger charge is -2.23. The van der Waals surface area contributed by atoms with Crippen molar-refractivity contribution in [3.05, 3.63) is 29.8 Å². The zero-order valence-electron chi connectivity index (χ0n) is 14.4. The Hall–Kier alpha value is -2.28. The summed E-state index contributed by atoms with van der Waals surface area (Å²) >= 11 is 0. The number of carbonyl (C=O) groups excluding carboxylic acids is 1. The van der Waals surface area contributed by atoms with E-state index in [1.54, 1.807) is 0 Å². The Kier molecular flexibility index (Phi) is 6.87. The Balaban J connectivity index is 1.78. The number of likely N-dealkylation sites (tertiary alicyclic amines) is 1. The normalized spacial score (nSPS) is 18.4. The highest BCUT2D eigenvalue weighted by Crippen LogP contribution is 2.15. The summed E-state index contributed by atoms with van der Waals surface area (Å²) in [6.07, 6.45) is 1.98. The summed E-state index contributed by atoms with van der Waals surface area (Å²) in [6.45, 7) is 5.78. The molecule has 0 aromatic heterocycles. The van der Waals surface area contributed by atoms with Crippen LogP contribution in [0.1, 0.15) is 25.3 Å². The number of amides is 1. The summed E-state index contributed by atoms with van der Waals surface area (Å²) in [5.41, 5.74) is 7.65. The topological polar surface area (TPSA) is 92.0 Å². The van der Waals surface area contributed by atoms with Crippen LogP contribution in [0.15, 0.2) is 29.3 Å². The maximum atomic E-state index is 11.1. The SMILES string of the molecule is CCN1CCCC1CNC(N)=NCc1ccc(NC(=O)OC)cc1. The zero-order chi connectivity index (χ0) is 17.4. The van der Waals surface area contributed by atoms with E-state index in [4.69, 9.17) is 5.73 Å². The molecule has 0 spiro atoms. The number of nitrogens with one attached hydrogen (secondary N) is 2. The summed E-state index contributed by atoms with van der Waals surface area (Å²) < 4.78 is 4.55. The first-order valence-electron chi connectivity index (χ1n) is 8.34. The van der Waals surface area contributed by atoms with Gasteiger partial charge >= 0.3 is 6.09 Å². The summed E-state index contributed by atoms with van der Waals surface area (Å²) in [5, 5.41) is 5.82. The molecule has 1 aliphatic rings. The minimum atomic E-state index is -0.484. The van der Waals surface area contributed by atoms with Crippen LogP contribution < -0.4 is 16.4 Å². The number of guanidine groups is 1. The molecular formula is C17H27N5O2. The van der Waals surface area contributed by atoms with Gasteiger partial charge in [0, 0.05) is 18.3 Å². The highest BCUT2D eigenvalue weighted by Gasteiger charge is 2.22. The fraction of sp³-hybridized carbons (Fsp3) is 0.529. The van der Waals surface area contributed by atoms with E-state index in [1.165, 1.54) is 26.5 Å². The maximum Gasteiger partial charge on any atom is 0.411 e. The van der Waals surface area contributed by atoms with Crippen molar-refractivity contribution in [2.45, 2.75) is 32.4 Å². The van der Waals surface area contributed by atoms with Gasteiger partial charge in [0.15, 0.2) is 5.96 Å². The van der Waals surface area contributed by atoms with Gasteiger partial charge in [-0.1, -0.05) is 19.1 Å². The van der Waals surface area contributed by atoms with E-state index in [0.717, 1.165) is 18.7 Å². The van der Waals surface area contributed by atoms with Gasteiger partial charge in [0.1, 0.15) is 0 Å². The largest absolute Gasteiger partial charge is 0.453 e. The third-order valence-corrected chi connectivity index (χ3v) is 4.24. The van der Waals surface area contributed by atoms with Crippen molar-refractivity contribution in [1.82, 2.24) is 10.2 Å². The number of hydrogen-bond acceptors (Lipinski definition) is 4. The van der Waals surface area contributed by atoms with E-state index < -0.39 is 6.09 Å². The number of hydrogen-bond donors (Lipinski definition) is 3. The first kappa shape index (κ1) is 18.1. The number of anilines is 1. The molecule has 1 atom stereocenters. The number of carbonyl (C=O) groups is 1. The molecule has 0 aliphatic carbocycles. The highest BCUT2D eigenvalue weighted by molar-refractivity contribution is 5.84. The molecule has 1 fully saturated rings. The number of nitrogens with zero attached hydrogens (tertiary/aromatic N) is 2. The van der Waals surface area contributed by atoms with Crippen LogP contribution in [0.25, 0.3) is 0 Å². The number of aliphatic imine (C=N–C) groups is 1. The molecule has 1 saturated heterocycles. The van der Waals surface area contributed by atoms with Gasteiger partial charge in [-0.25, -0.2) is 9.79 Å². The van der Waals surface area contributed by atoms with Crippen LogP contribution in [-0.4, -0.2) is 49.7 Å². The molecular weight excluding hydrogens is 306 g/mol. The number of nitrogens with two attached hydrogens (primary N) is 1. The minimum absolute atomic E-state index is 0.467. The van der Waals surface area contributed by atoms with Crippen molar-refractivity contribution in [2.75, 3.05) is 32.1 Å². The van der Waals surface area contributed by atoms with Gasteiger partial charge in [0.25, 0.3) is 0 Å². The standard InChI is InChI=1S/C17H27N5O2/c1-3-22-10-4-5-15(22)12-20-16(18)19-11-13-6-8-14(9-7-13)21-17(23)24-2/h6-9,15H,3-5,10-12H2,1-2H3,(H,21,23)(H3,18,19,20). The number of likely N-dealkylation sites (N-methyl/N-ethyl adjacent to an activating group) is 1. The van der Waals surface area contributed by atoms with E-state index in [9.17, 15) is 4.79 Å². The van der Waals surface area contributed by atoms with Crippen LogP contribution in [0, 0.1) is 0 Å². The van der Waals surface area contributed by atoms with E-state index >= 15 is 0 Å². The molecule has 1 unspecified atom stereocenters. The fourth-order valence-corrected chi connectivity index (χ4v) is 2.86. The molecule has 1 aliphatic heterocycles. The van der Waals surface area contributed by atoms with E-state index in [0.29, 0.717) is 24.2 Å². The summed E-state index contributed by atoms with van der Waals surface area (Å²) in [4.78, 5) is 18.0. The molecule has 0 saturated carbocycles. The van der Waals surface area contributed by atoms with Crippen molar-refractivity contribution in [3.8, 4) is 0 Å². The smallest absolute Gasteiger partial charge is 0.411 e. The van der Waals surface area contributed by atoms with Gasteiger partial charge in [-0.15, -0.1) is 0 Å². The Labute approximate surface area is 143 Å². The molecule has 2 rings (SSSR count). The summed E-state index contributed by atoms with van der Waals surface area (Å²) in [5.74, 6) is 0.467. The minimum Gasteiger partial charge on any atom is -0.453 e. The number of benzene rings is 1. The fourth-order valence-electron chi connectivity index (χ4n) is 2.86. The molecule has 4 N–H and O–H groups in total. The first-order chi connectivity index (χ1) is 11.6. The lowest BCUT2D eigenvalue weighted by atomic mass is 10.2. The van der Waals surface area contributed by atoms with Crippen molar-refractivity contribution in [2.24, 2.45) is 10.7 Å². The number of rotatable bonds is 6. The molecule has 1 amide bonds. The van der Waals surface area contributed by atoms with Gasteiger partial charge in [-0.3, -0.25) is 10.2 Å². The maximum absolute atomic E-state index is 11.1. The number of ether oxygens (including phenoxy) is 1. The highest BCUT2D eigenvalue weighted by atomic mass is 16.5. The second kappa shape index (κ2) is 9.12. The van der Waals surface area contributed by atoms with Crippen LogP contribution in [0.5, 0.6) is 0 Å². The monoisotopic (exact) mass is 333 g/mol. The Morgan fingerprint density at radius 2 is 2.17 bits per heavy atom. The molecule has 24 heavy (non-hydrogen) atoms. The van der Waals surface area contributed by atoms with Gasteiger partial charge < -0.3 is 15.8 Å². The summed E-state index contributed by atoms with van der Waals surface area (Å²) in [6, 6.07) is 7.97. The average Bonchev–Trinajstić information content (AvgIpc) is 3.06. The quantitative estimate of drug-likeness (QED) is 0.545. The van der Waals surface area contributed by atoms with Crippen molar-refractivity contribution < 1.29 is 9.53 Å². The van der Waals surface area contributed by atoms with Crippen LogP contribution in [0.4, 0.5) is 10.5 Å². The lowest BCUT2D eigenvalue weighted by molar-refractivity contribution is 0.187. The third kappa shape index (κ3) is 5.42. The zero-order valence-corrected chi connectivity index (χ0v) is 14.4. The van der Waals surface area contributed by atoms with E-state index in [1.807, 2.05) is 24.3 Å². The van der Waals surface area contributed by atoms with Gasteiger partial charge in [-0.2, -0.15) is 0 Å².